The lowest BCUT2D eigenvalue weighted by atomic mass is 10.4. The van der Waals surface area contributed by atoms with Crippen molar-refractivity contribution in [1.82, 2.24) is 0 Å². The van der Waals surface area contributed by atoms with E-state index in [4.69, 9.17) is 34.8 Å². The maximum absolute atomic E-state index is 5.98. The number of benzene rings is 1. The summed E-state index contributed by atoms with van der Waals surface area (Å²) < 4.78 is -0.265. The highest BCUT2D eigenvalue weighted by Crippen LogP contribution is 2.14. The zero-order chi connectivity index (χ0) is 10.6. The van der Waals surface area contributed by atoms with Gasteiger partial charge in [0.05, 0.1) is 0 Å². The van der Waals surface area contributed by atoms with Gasteiger partial charge in [-0.2, -0.15) is 0 Å². The van der Waals surface area contributed by atoms with E-state index in [0.29, 0.717) is 0 Å². The second-order valence-electron chi connectivity index (χ2n) is 3.09. The first-order valence-electron chi connectivity index (χ1n) is 4.55. The Morgan fingerprint density at radius 1 is 1.36 bits per heavy atom. The molecule has 0 unspecified atom stereocenters. The van der Waals surface area contributed by atoms with Gasteiger partial charge in [-0.1, -0.05) is 48.3 Å². The molecule has 1 rings (SSSR count). The normalized spacial score (nSPS) is 11.3. The van der Waals surface area contributed by atoms with Gasteiger partial charge < -0.3 is 0 Å². The number of hydrogen-bond acceptors (Lipinski definition) is 0. The Morgan fingerprint density at radius 3 is 2.57 bits per heavy atom. The van der Waals surface area contributed by atoms with Crippen LogP contribution in [0.15, 0.2) is 24.3 Å². The standard InChI is InChI=1S/C10H12Cl3Si/c1-2-6-14(10(12)13)9-5-3-4-8(11)7-9/h3-5,7,10H,2,6H2,1H3. The van der Waals surface area contributed by atoms with Crippen molar-refractivity contribution in [2.45, 2.75) is 23.8 Å². The quantitative estimate of drug-likeness (QED) is 0.574. The molecule has 1 radical (unpaired) electrons. The summed E-state index contributed by atoms with van der Waals surface area (Å²) in [5, 5.41) is 1.98. The fraction of sp³-hybridized carbons (Fsp3) is 0.400. The first-order chi connectivity index (χ1) is 6.65. The third-order valence-corrected chi connectivity index (χ3v) is 6.41. The molecule has 77 valence electrons. The molecule has 0 atom stereocenters. The first-order valence-corrected chi connectivity index (χ1v) is 7.58. The van der Waals surface area contributed by atoms with E-state index >= 15 is 0 Å². The molecule has 0 N–H and O–H groups in total. The van der Waals surface area contributed by atoms with Crippen LogP contribution < -0.4 is 5.19 Å². The fourth-order valence-corrected chi connectivity index (χ4v) is 4.98. The van der Waals surface area contributed by atoms with Crippen molar-refractivity contribution < 1.29 is 0 Å². The lowest BCUT2D eigenvalue weighted by Gasteiger charge is -2.15. The lowest BCUT2D eigenvalue weighted by molar-refractivity contribution is 1.06. The topological polar surface area (TPSA) is 0 Å². The van der Waals surface area contributed by atoms with Crippen LogP contribution in [-0.4, -0.2) is 13.3 Å². The van der Waals surface area contributed by atoms with Gasteiger partial charge in [-0.3, -0.25) is 0 Å². The third kappa shape index (κ3) is 3.47. The number of hydrogen-bond donors (Lipinski definition) is 0. The Kier molecular flexibility index (Phi) is 5.32. The Balaban J connectivity index is 2.87. The van der Waals surface area contributed by atoms with Crippen molar-refractivity contribution in [3.05, 3.63) is 29.3 Å². The highest BCUT2D eigenvalue weighted by Gasteiger charge is 2.20. The van der Waals surface area contributed by atoms with Gasteiger partial charge in [0, 0.05) is 5.02 Å². The summed E-state index contributed by atoms with van der Waals surface area (Å²) in [6.07, 6.45) is 1.11. The van der Waals surface area contributed by atoms with E-state index < -0.39 is 8.80 Å². The summed E-state index contributed by atoms with van der Waals surface area (Å²) in [7, 11) is -0.866. The highest BCUT2D eigenvalue weighted by molar-refractivity contribution is 6.88. The third-order valence-electron chi connectivity index (χ3n) is 1.98. The Labute approximate surface area is 102 Å². The summed E-state index contributed by atoms with van der Waals surface area (Å²) >= 11 is 17.9. The van der Waals surface area contributed by atoms with Crippen LogP contribution in [0, 0.1) is 0 Å². The SMILES string of the molecule is CCC[Si](c1cccc(Cl)c1)C(Cl)Cl. The average molecular weight is 267 g/mol. The number of rotatable bonds is 4. The summed E-state index contributed by atoms with van der Waals surface area (Å²) in [4.78, 5) is 0. The molecule has 14 heavy (non-hydrogen) atoms. The molecule has 1 aromatic carbocycles. The second-order valence-corrected chi connectivity index (χ2v) is 8.06. The molecule has 0 bridgehead atoms. The Bertz CT molecular complexity index is 288. The monoisotopic (exact) mass is 265 g/mol. The van der Waals surface area contributed by atoms with Crippen LogP contribution in [0.25, 0.3) is 0 Å². The predicted octanol–water partition coefficient (Wildman–Crippen LogP) is 3.79. The van der Waals surface area contributed by atoms with Crippen LogP contribution in [0.3, 0.4) is 0 Å². The van der Waals surface area contributed by atoms with Crippen LogP contribution >= 0.6 is 34.8 Å². The van der Waals surface area contributed by atoms with Crippen molar-refractivity contribution in [3.8, 4) is 0 Å². The molecule has 0 amide bonds. The van der Waals surface area contributed by atoms with Gasteiger partial charge in [-0.05, 0) is 12.1 Å². The van der Waals surface area contributed by atoms with Gasteiger partial charge in [0.2, 0.25) is 0 Å². The van der Waals surface area contributed by atoms with Crippen molar-refractivity contribution in [3.63, 3.8) is 0 Å². The van der Waals surface area contributed by atoms with Gasteiger partial charge in [0.15, 0.2) is 0 Å². The largest absolute Gasteiger partial charge is 0.126 e. The van der Waals surface area contributed by atoms with E-state index in [9.17, 15) is 0 Å². The van der Waals surface area contributed by atoms with Crippen LogP contribution in [0.5, 0.6) is 0 Å². The van der Waals surface area contributed by atoms with Gasteiger partial charge >= 0.3 is 0 Å². The van der Waals surface area contributed by atoms with E-state index in [1.807, 2.05) is 18.2 Å². The molecule has 0 saturated heterocycles. The molecule has 0 aromatic heterocycles. The maximum Gasteiger partial charge on any atom is 0.126 e. The second kappa shape index (κ2) is 6.01. The first kappa shape index (κ1) is 12.4. The van der Waals surface area contributed by atoms with Gasteiger partial charge in [-0.25, -0.2) is 0 Å². The van der Waals surface area contributed by atoms with E-state index in [1.54, 1.807) is 0 Å². The van der Waals surface area contributed by atoms with Gasteiger partial charge in [-0.15, -0.1) is 23.2 Å². The number of alkyl halides is 2. The van der Waals surface area contributed by atoms with Crippen LogP contribution in [0.2, 0.25) is 11.1 Å². The van der Waals surface area contributed by atoms with Crippen LogP contribution in [0.1, 0.15) is 13.3 Å². The molecule has 0 heterocycles. The van der Waals surface area contributed by atoms with Crippen molar-refractivity contribution in [2.75, 3.05) is 0 Å². The molecule has 0 nitrogen and oxygen atoms in total. The molecule has 0 saturated carbocycles. The van der Waals surface area contributed by atoms with E-state index in [2.05, 4.69) is 13.0 Å². The number of halogens is 3. The minimum atomic E-state index is -0.866. The molecular formula is C10H12Cl3Si. The Hall–Kier alpha value is 0.307. The van der Waals surface area contributed by atoms with Gasteiger partial charge in [0.25, 0.3) is 0 Å². The van der Waals surface area contributed by atoms with Crippen molar-refractivity contribution in [1.29, 1.82) is 0 Å². The highest BCUT2D eigenvalue weighted by atomic mass is 35.5. The zero-order valence-corrected chi connectivity index (χ0v) is 11.2. The van der Waals surface area contributed by atoms with Crippen LogP contribution in [-0.2, 0) is 0 Å². The van der Waals surface area contributed by atoms with E-state index in [1.165, 1.54) is 5.19 Å². The van der Waals surface area contributed by atoms with E-state index in [-0.39, 0.29) is 4.46 Å². The molecule has 0 aliphatic rings. The fourth-order valence-electron chi connectivity index (χ4n) is 1.34. The molecular weight excluding hydrogens is 255 g/mol. The zero-order valence-electron chi connectivity index (χ0n) is 7.93. The molecule has 0 spiro atoms. The lowest BCUT2D eigenvalue weighted by Crippen LogP contribution is -2.36. The Morgan fingerprint density at radius 2 is 2.07 bits per heavy atom. The van der Waals surface area contributed by atoms with E-state index in [0.717, 1.165) is 17.5 Å². The minimum absolute atomic E-state index is 0.265. The molecule has 1 aromatic rings. The molecule has 0 aliphatic carbocycles. The van der Waals surface area contributed by atoms with Crippen LogP contribution in [0.4, 0.5) is 0 Å². The van der Waals surface area contributed by atoms with Crippen molar-refractivity contribution in [2.24, 2.45) is 0 Å². The van der Waals surface area contributed by atoms with Crippen molar-refractivity contribution >= 4 is 48.8 Å². The predicted molar refractivity (Wildman–Crippen MR) is 67.4 cm³/mol. The summed E-state index contributed by atoms with van der Waals surface area (Å²) in [5.74, 6) is 0. The average Bonchev–Trinajstić information content (AvgIpc) is 2.13. The summed E-state index contributed by atoms with van der Waals surface area (Å²) in [6, 6.07) is 8.95. The van der Waals surface area contributed by atoms with Gasteiger partial charge in [0.1, 0.15) is 13.3 Å². The molecule has 4 heteroatoms. The molecule has 0 aliphatic heterocycles. The smallest absolute Gasteiger partial charge is 0.109 e. The maximum atomic E-state index is 5.98. The summed E-state index contributed by atoms with van der Waals surface area (Å²) in [6.45, 7) is 2.14. The molecule has 0 fully saturated rings. The minimum Gasteiger partial charge on any atom is -0.109 e. The summed E-state index contributed by atoms with van der Waals surface area (Å²) in [5.41, 5.74) is 0.